The van der Waals surface area contributed by atoms with Gasteiger partial charge in [-0.2, -0.15) is 0 Å². The van der Waals surface area contributed by atoms with Gasteiger partial charge >= 0.3 is 0 Å². The van der Waals surface area contributed by atoms with Crippen LogP contribution in [-0.2, 0) is 9.59 Å². The van der Waals surface area contributed by atoms with Crippen molar-refractivity contribution in [2.24, 2.45) is 5.92 Å². The number of nitrogens with one attached hydrogen (secondary N) is 1. The third kappa shape index (κ3) is 2.03. The minimum atomic E-state index is -0.180. The SMILES string of the molecule is O=C1CC(=CC2CCCCC2)C(=O)N1. The van der Waals surface area contributed by atoms with Crippen LogP contribution in [0.2, 0.25) is 0 Å². The number of hydrogen-bond donors (Lipinski definition) is 1. The van der Waals surface area contributed by atoms with Gasteiger partial charge in [0.2, 0.25) is 5.91 Å². The van der Waals surface area contributed by atoms with Crippen molar-refractivity contribution in [3.8, 4) is 0 Å². The Hall–Kier alpha value is -1.12. The first kappa shape index (κ1) is 9.44. The molecule has 3 heteroatoms. The van der Waals surface area contributed by atoms with Crippen LogP contribution < -0.4 is 5.32 Å². The van der Waals surface area contributed by atoms with Crippen molar-refractivity contribution >= 4 is 11.8 Å². The molecule has 2 amide bonds. The molecule has 1 saturated carbocycles. The fourth-order valence-corrected chi connectivity index (χ4v) is 2.22. The van der Waals surface area contributed by atoms with Crippen LogP contribution in [0.5, 0.6) is 0 Å². The highest BCUT2D eigenvalue weighted by Gasteiger charge is 2.25. The molecule has 0 bridgehead atoms. The smallest absolute Gasteiger partial charge is 0.253 e. The highest BCUT2D eigenvalue weighted by Crippen LogP contribution is 2.26. The number of carbonyl (C=O) groups is 2. The second-order valence-corrected chi connectivity index (χ2v) is 4.14. The summed E-state index contributed by atoms with van der Waals surface area (Å²) >= 11 is 0. The zero-order valence-corrected chi connectivity index (χ0v) is 8.21. The van der Waals surface area contributed by atoms with Gasteiger partial charge in [-0.15, -0.1) is 0 Å². The molecular weight excluding hydrogens is 178 g/mol. The first-order chi connectivity index (χ1) is 6.75. The van der Waals surface area contributed by atoms with Crippen LogP contribution >= 0.6 is 0 Å². The average Bonchev–Trinajstić information content (AvgIpc) is 2.47. The first-order valence-electron chi connectivity index (χ1n) is 5.30. The molecule has 1 aliphatic heterocycles. The van der Waals surface area contributed by atoms with Gasteiger partial charge in [-0.25, -0.2) is 0 Å². The highest BCUT2D eigenvalue weighted by molar-refractivity contribution is 6.13. The van der Waals surface area contributed by atoms with Crippen LogP contribution in [0.4, 0.5) is 0 Å². The molecule has 0 unspecified atom stereocenters. The van der Waals surface area contributed by atoms with Crippen LogP contribution in [0.1, 0.15) is 38.5 Å². The summed E-state index contributed by atoms with van der Waals surface area (Å²) in [5.74, 6) is 0.188. The molecule has 76 valence electrons. The van der Waals surface area contributed by atoms with E-state index in [-0.39, 0.29) is 18.2 Å². The number of amides is 2. The van der Waals surface area contributed by atoms with E-state index in [9.17, 15) is 9.59 Å². The summed E-state index contributed by atoms with van der Waals surface area (Å²) in [4.78, 5) is 22.2. The predicted octanol–water partition coefficient (Wildman–Crippen LogP) is 1.54. The van der Waals surface area contributed by atoms with Gasteiger partial charge in [0, 0.05) is 5.57 Å². The molecule has 3 nitrogen and oxygen atoms in total. The molecule has 1 N–H and O–H groups in total. The fraction of sp³-hybridized carbons (Fsp3) is 0.636. The molecular formula is C11H15NO2. The molecule has 0 aromatic carbocycles. The Bertz CT molecular complexity index is 288. The van der Waals surface area contributed by atoms with Gasteiger partial charge in [-0.05, 0) is 18.8 Å². The summed E-state index contributed by atoms with van der Waals surface area (Å²) in [6.07, 6.45) is 8.46. The number of imide groups is 1. The summed E-state index contributed by atoms with van der Waals surface area (Å²) < 4.78 is 0. The lowest BCUT2D eigenvalue weighted by Crippen LogP contribution is -2.19. The van der Waals surface area contributed by atoms with Crippen LogP contribution in [0.3, 0.4) is 0 Å². The first-order valence-corrected chi connectivity index (χ1v) is 5.30. The third-order valence-corrected chi connectivity index (χ3v) is 2.98. The Morgan fingerprint density at radius 3 is 2.43 bits per heavy atom. The van der Waals surface area contributed by atoms with Crippen molar-refractivity contribution in [1.82, 2.24) is 5.32 Å². The lowest BCUT2D eigenvalue weighted by atomic mass is 9.87. The summed E-state index contributed by atoms with van der Waals surface area (Å²) in [5, 5.41) is 2.31. The number of allylic oxidation sites excluding steroid dienone is 1. The maximum Gasteiger partial charge on any atom is 0.253 e. The van der Waals surface area contributed by atoms with Crippen molar-refractivity contribution < 1.29 is 9.59 Å². The van der Waals surface area contributed by atoms with E-state index in [1.165, 1.54) is 32.1 Å². The van der Waals surface area contributed by atoms with E-state index in [0.29, 0.717) is 11.5 Å². The maximum atomic E-state index is 11.3. The van der Waals surface area contributed by atoms with E-state index in [1.54, 1.807) is 0 Å². The van der Waals surface area contributed by atoms with Gasteiger partial charge in [0.1, 0.15) is 0 Å². The normalized spacial score (nSPS) is 27.0. The summed E-state index contributed by atoms with van der Waals surface area (Å²) in [5.41, 5.74) is 0.682. The Morgan fingerprint density at radius 2 is 1.86 bits per heavy atom. The Kier molecular flexibility index (Phi) is 2.66. The number of rotatable bonds is 1. The van der Waals surface area contributed by atoms with E-state index in [2.05, 4.69) is 5.32 Å². The minimum Gasteiger partial charge on any atom is -0.292 e. The summed E-state index contributed by atoms with van der Waals surface area (Å²) in [6, 6.07) is 0. The van der Waals surface area contributed by atoms with Crippen LogP contribution in [-0.4, -0.2) is 11.8 Å². The van der Waals surface area contributed by atoms with E-state index in [4.69, 9.17) is 0 Å². The topological polar surface area (TPSA) is 46.2 Å². The second kappa shape index (κ2) is 3.95. The Morgan fingerprint density at radius 1 is 1.14 bits per heavy atom. The van der Waals surface area contributed by atoms with Gasteiger partial charge in [0.25, 0.3) is 5.91 Å². The largest absolute Gasteiger partial charge is 0.292 e. The molecule has 0 aromatic heterocycles. The molecule has 2 rings (SSSR count). The molecule has 2 aliphatic rings. The monoisotopic (exact) mass is 193 g/mol. The number of hydrogen-bond acceptors (Lipinski definition) is 2. The zero-order valence-electron chi connectivity index (χ0n) is 8.21. The zero-order chi connectivity index (χ0) is 9.97. The minimum absolute atomic E-state index is 0.156. The molecule has 14 heavy (non-hydrogen) atoms. The summed E-state index contributed by atoms with van der Waals surface area (Å²) in [6.45, 7) is 0. The van der Waals surface area contributed by atoms with E-state index in [1.807, 2.05) is 6.08 Å². The van der Waals surface area contributed by atoms with Gasteiger partial charge < -0.3 is 0 Å². The number of carbonyl (C=O) groups excluding carboxylic acids is 2. The molecule has 1 heterocycles. The molecule has 0 spiro atoms. The lowest BCUT2D eigenvalue weighted by molar-refractivity contribution is -0.124. The van der Waals surface area contributed by atoms with Crippen LogP contribution in [0.25, 0.3) is 0 Å². The second-order valence-electron chi connectivity index (χ2n) is 4.14. The molecule has 0 radical (unpaired) electrons. The van der Waals surface area contributed by atoms with Gasteiger partial charge in [-0.3, -0.25) is 14.9 Å². The van der Waals surface area contributed by atoms with Gasteiger partial charge in [0.05, 0.1) is 6.42 Å². The summed E-state index contributed by atoms with van der Waals surface area (Å²) in [7, 11) is 0. The van der Waals surface area contributed by atoms with E-state index < -0.39 is 0 Å². The van der Waals surface area contributed by atoms with Crippen molar-refractivity contribution in [3.63, 3.8) is 0 Å². The molecule has 1 saturated heterocycles. The predicted molar refractivity (Wildman–Crippen MR) is 52.4 cm³/mol. The van der Waals surface area contributed by atoms with Crippen LogP contribution in [0, 0.1) is 5.92 Å². The average molecular weight is 193 g/mol. The van der Waals surface area contributed by atoms with Gasteiger partial charge in [-0.1, -0.05) is 25.3 Å². The van der Waals surface area contributed by atoms with E-state index in [0.717, 1.165) is 0 Å². The van der Waals surface area contributed by atoms with Crippen molar-refractivity contribution in [3.05, 3.63) is 11.6 Å². The highest BCUT2D eigenvalue weighted by atomic mass is 16.2. The quantitative estimate of drug-likeness (QED) is 0.507. The third-order valence-electron chi connectivity index (χ3n) is 2.98. The van der Waals surface area contributed by atoms with Crippen molar-refractivity contribution in [2.45, 2.75) is 38.5 Å². The molecule has 0 atom stereocenters. The van der Waals surface area contributed by atoms with Crippen LogP contribution in [0.15, 0.2) is 11.6 Å². The standard InChI is InChI=1S/C11H15NO2/c13-10-7-9(11(14)12-10)6-8-4-2-1-3-5-8/h6,8H,1-5,7H2,(H,12,13,14). The Labute approximate surface area is 83.6 Å². The fourth-order valence-electron chi connectivity index (χ4n) is 2.22. The Balaban J connectivity index is 2.02. The molecule has 0 aromatic rings. The van der Waals surface area contributed by atoms with Crippen molar-refractivity contribution in [1.29, 1.82) is 0 Å². The lowest BCUT2D eigenvalue weighted by Gasteiger charge is -2.18. The maximum absolute atomic E-state index is 11.3. The van der Waals surface area contributed by atoms with E-state index >= 15 is 0 Å². The molecule has 2 fully saturated rings. The molecule has 1 aliphatic carbocycles. The van der Waals surface area contributed by atoms with Crippen molar-refractivity contribution in [2.75, 3.05) is 0 Å². The van der Waals surface area contributed by atoms with Gasteiger partial charge in [0.15, 0.2) is 0 Å².